The molecule has 0 bridgehead atoms. The first-order valence-corrected chi connectivity index (χ1v) is 14.4. The minimum atomic E-state index is -1.80. The molecular formula is C22H38N2O8P2. The summed E-state index contributed by atoms with van der Waals surface area (Å²) < 4.78 is 35.6. The lowest BCUT2D eigenvalue weighted by Crippen LogP contribution is -2.52. The van der Waals surface area contributed by atoms with Gasteiger partial charge in [0.15, 0.2) is 12.2 Å². The Morgan fingerprint density at radius 1 is 0.647 bits per heavy atom. The number of carbonyl (C=O) groups is 2. The molecule has 4 saturated heterocycles. The number of rotatable bonds is 7. The van der Waals surface area contributed by atoms with E-state index in [0.29, 0.717) is 52.6 Å². The molecule has 4 rings (SSSR count). The Hall–Kier alpha value is -0.440. The highest BCUT2D eigenvalue weighted by Crippen LogP contribution is 2.51. The first-order valence-electron chi connectivity index (χ1n) is 12.2. The van der Waals surface area contributed by atoms with Crippen LogP contribution < -0.4 is 0 Å². The van der Waals surface area contributed by atoms with Crippen LogP contribution in [-0.4, -0.2) is 86.4 Å². The van der Waals surface area contributed by atoms with Crippen molar-refractivity contribution >= 4 is 29.0 Å². The number of nitrogens with zero attached hydrogens (tertiary/aromatic N) is 2. The van der Waals surface area contributed by atoms with Gasteiger partial charge in [-0.1, -0.05) is 27.7 Å². The van der Waals surface area contributed by atoms with Crippen LogP contribution in [-0.2, 0) is 36.7 Å². The van der Waals surface area contributed by atoms with Crippen molar-refractivity contribution in [3.05, 3.63) is 0 Å². The van der Waals surface area contributed by atoms with Gasteiger partial charge in [0, 0.05) is 37.0 Å². The van der Waals surface area contributed by atoms with Gasteiger partial charge >= 0.3 is 17.2 Å². The van der Waals surface area contributed by atoms with Crippen LogP contribution in [0.3, 0.4) is 0 Å². The van der Waals surface area contributed by atoms with Gasteiger partial charge in [0.25, 0.3) is 11.8 Å². The van der Waals surface area contributed by atoms with E-state index in [-0.39, 0.29) is 22.6 Å². The van der Waals surface area contributed by atoms with Crippen LogP contribution in [0.1, 0.15) is 53.4 Å². The molecule has 4 fully saturated rings. The van der Waals surface area contributed by atoms with E-state index < -0.39 is 29.4 Å². The maximum atomic E-state index is 13.6. The van der Waals surface area contributed by atoms with Crippen molar-refractivity contribution in [3.8, 4) is 0 Å². The van der Waals surface area contributed by atoms with Gasteiger partial charge in [-0.15, -0.1) is 0 Å². The van der Waals surface area contributed by atoms with E-state index in [1.165, 1.54) is 0 Å². The fourth-order valence-corrected chi connectivity index (χ4v) is 7.05. The van der Waals surface area contributed by atoms with Crippen LogP contribution in [0, 0.1) is 10.8 Å². The van der Waals surface area contributed by atoms with E-state index in [0.717, 1.165) is 25.7 Å². The Kier molecular flexibility index (Phi) is 8.85. The van der Waals surface area contributed by atoms with E-state index in [1.807, 2.05) is 27.7 Å². The molecular weight excluding hydrogens is 482 g/mol. The van der Waals surface area contributed by atoms with Gasteiger partial charge in [0.05, 0.1) is 26.4 Å². The molecule has 4 aliphatic heterocycles. The van der Waals surface area contributed by atoms with Gasteiger partial charge in [-0.3, -0.25) is 18.6 Å². The van der Waals surface area contributed by atoms with Gasteiger partial charge in [-0.05, 0) is 25.7 Å². The SMILES string of the molecule is CC1(C)COP(O[C@@H](C(=O)N2CCCC2)[C@@H](OP2OCC(C)(C)CO2)C(=O)N2CCCC2)OC1. The zero-order valence-corrected chi connectivity index (χ0v) is 22.5. The second kappa shape index (κ2) is 11.3. The molecule has 0 aromatic rings. The molecule has 12 heteroatoms. The first-order chi connectivity index (χ1) is 16.1. The molecule has 0 saturated carbocycles. The number of likely N-dealkylation sites (tertiary alicyclic amines) is 2. The van der Waals surface area contributed by atoms with Crippen molar-refractivity contribution in [1.29, 1.82) is 0 Å². The van der Waals surface area contributed by atoms with Gasteiger partial charge < -0.3 is 27.9 Å². The second-order valence-corrected chi connectivity index (χ2v) is 13.3. The molecule has 0 radical (unpaired) electrons. The lowest BCUT2D eigenvalue weighted by molar-refractivity contribution is -0.155. The quantitative estimate of drug-likeness (QED) is 0.470. The fraction of sp³-hybridized carbons (Fsp3) is 0.909. The Morgan fingerprint density at radius 3 is 1.24 bits per heavy atom. The fourth-order valence-electron chi connectivity index (χ4n) is 4.07. The third-order valence-corrected chi connectivity index (χ3v) is 8.40. The lowest BCUT2D eigenvalue weighted by atomic mass is 9.97. The molecule has 4 aliphatic rings. The number of carbonyl (C=O) groups excluding carboxylic acids is 2. The van der Waals surface area contributed by atoms with Crippen molar-refractivity contribution < 1.29 is 36.7 Å². The smallest absolute Gasteiger partial charge is 0.333 e. The number of hydrogen-bond donors (Lipinski definition) is 0. The van der Waals surface area contributed by atoms with Crippen LogP contribution in [0.25, 0.3) is 0 Å². The van der Waals surface area contributed by atoms with E-state index in [4.69, 9.17) is 27.1 Å². The Labute approximate surface area is 204 Å². The average Bonchev–Trinajstić information content (AvgIpc) is 3.52. The summed E-state index contributed by atoms with van der Waals surface area (Å²) in [5, 5.41) is 0. The molecule has 2 atom stereocenters. The van der Waals surface area contributed by atoms with Crippen molar-refractivity contribution in [1.82, 2.24) is 9.80 Å². The molecule has 4 heterocycles. The summed E-state index contributed by atoms with van der Waals surface area (Å²) in [7, 11) is -3.59. The molecule has 34 heavy (non-hydrogen) atoms. The summed E-state index contributed by atoms with van der Waals surface area (Å²) in [6, 6.07) is 0. The Balaban J connectivity index is 1.55. The van der Waals surface area contributed by atoms with Crippen molar-refractivity contribution in [2.45, 2.75) is 65.6 Å². The number of hydrogen-bond acceptors (Lipinski definition) is 8. The normalized spacial score (nSPS) is 27.6. The zero-order chi connectivity index (χ0) is 24.3. The third kappa shape index (κ3) is 6.86. The molecule has 10 nitrogen and oxygen atoms in total. The molecule has 194 valence electrons. The van der Waals surface area contributed by atoms with Crippen molar-refractivity contribution in [3.63, 3.8) is 0 Å². The molecule has 0 aromatic heterocycles. The molecule has 0 spiro atoms. The molecule has 0 aliphatic carbocycles. The minimum absolute atomic E-state index is 0.141. The van der Waals surface area contributed by atoms with Crippen LogP contribution in [0.2, 0.25) is 0 Å². The summed E-state index contributed by atoms with van der Waals surface area (Å²) in [5.41, 5.74) is -0.282. The van der Waals surface area contributed by atoms with Crippen LogP contribution in [0.5, 0.6) is 0 Å². The molecule has 2 amide bonds. The second-order valence-electron chi connectivity index (χ2n) is 11.0. The molecule has 0 aromatic carbocycles. The van der Waals surface area contributed by atoms with Gasteiger partial charge in [0.2, 0.25) is 0 Å². The van der Waals surface area contributed by atoms with Gasteiger partial charge in [-0.2, -0.15) is 0 Å². The van der Waals surface area contributed by atoms with Crippen LogP contribution >= 0.6 is 17.2 Å². The average molecular weight is 521 g/mol. The third-order valence-electron chi connectivity index (χ3n) is 6.24. The Morgan fingerprint density at radius 2 is 0.941 bits per heavy atom. The summed E-state index contributed by atoms with van der Waals surface area (Å²) in [6.07, 6.45) is 1.32. The highest BCUT2D eigenvalue weighted by atomic mass is 31.2. The summed E-state index contributed by atoms with van der Waals surface area (Å²) in [5.74, 6) is -0.552. The standard InChI is InChI=1S/C22H38N2O8P2/c1-21(2)13-27-33(28-14-21)31-17(19(25)23-9-5-6-10-23)18(20(26)24-11-7-8-12-24)32-34-29-15-22(3,4)16-30-34/h17-18H,5-16H2,1-4H3/t17-,18-/m1/s1. The predicted octanol–water partition coefficient (Wildman–Crippen LogP) is 3.60. The number of amides is 2. The highest BCUT2D eigenvalue weighted by molar-refractivity contribution is 7.42. The minimum Gasteiger partial charge on any atom is -0.340 e. The zero-order valence-electron chi connectivity index (χ0n) is 20.7. The summed E-state index contributed by atoms with van der Waals surface area (Å²) in [6.45, 7) is 12.5. The topological polar surface area (TPSA) is 96.0 Å². The van der Waals surface area contributed by atoms with E-state index in [2.05, 4.69) is 0 Å². The maximum Gasteiger partial charge on any atom is 0.333 e. The summed E-state index contributed by atoms with van der Waals surface area (Å²) in [4.78, 5) is 30.7. The van der Waals surface area contributed by atoms with E-state index in [9.17, 15) is 9.59 Å². The Bertz CT molecular complexity index is 648. The van der Waals surface area contributed by atoms with E-state index in [1.54, 1.807) is 9.80 Å². The monoisotopic (exact) mass is 520 g/mol. The largest absolute Gasteiger partial charge is 0.340 e. The van der Waals surface area contributed by atoms with Crippen LogP contribution in [0.15, 0.2) is 0 Å². The van der Waals surface area contributed by atoms with Crippen molar-refractivity contribution in [2.75, 3.05) is 52.6 Å². The van der Waals surface area contributed by atoms with Gasteiger partial charge in [0.1, 0.15) is 0 Å². The van der Waals surface area contributed by atoms with Crippen molar-refractivity contribution in [2.24, 2.45) is 10.8 Å². The first kappa shape index (κ1) is 26.6. The van der Waals surface area contributed by atoms with Crippen LogP contribution in [0.4, 0.5) is 0 Å². The predicted molar refractivity (Wildman–Crippen MR) is 127 cm³/mol. The lowest BCUT2D eigenvalue weighted by Gasteiger charge is -2.38. The molecule has 0 N–H and O–H groups in total. The van der Waals surface area contributed by atoms with Gasteiger partial charge in [-0.25, -0.2) is 0 Å². The van der Waals surface area contributed by atoms with E-state index >= 15 is 0 Å². The molecule has 0 unspecified atom stereocenters. The maximum absolute atomic E-state index is 13.6. The highest BCUT2D eigenvalue weighted by Gasteiger charge is 2.47. The summed E-state index contributed by atoms with van der Waals surface area (Å²) >= 11 is 0.